The minimum atomic E-state index is 0.233. The third kappa shape index (κ3) is 2.90. The lowest BCUT2D eigenvalue weighted by atomic mass is 10.2. The Labute approximate surface area is 127 Å². The maximum absolute atomic E-state index is 9.04. The van der Waals surface area contributed by atoms with E-state index in [9.17, 15) is 0 Å². The highest BCUT2D eigenvalue weighted by molar-refractivity contribution is 6.32. The van der Waals surface area contributed by atoms with E-state index in [0.29, 0.717) is 21.4 Å². The zero-order chi connectivity index (χ0) is 14.7. The average molecular weight is 310 g/mol. The number of aryl methyl sites for hydroxylation is 2. The summed E-state index contributed by atoms with van der Waals surface area (Å²) in [5.74, 6) is 0.440. The second kappa shape index (κ2) is 6.17. The van der Waals surface area contributed by atoms with E-state index in [1.807, 2.05) is 14.0 Å². The van der Waals surface area contributed by atoms with E-state index < -0.39 is 0 Å². The van der Waals surface area contributed by atoms with Gasteiger partial charge in [0.1, 0.15) is 18.4 Å². The Hall–Kier alpha value is -1.70. The van der Waals surface area contributed by atoms with Crippen molar-refractivity contribution in [1.29, 1.82) is 5.26 Å². The van der Waals surface area contributed by atoms with Gasteiger partial charge in [0.05, 0.1) is 22.0 Å². The van der Waals surface area contributed by atoms with Gasteiger partial charge in [-0.1, -0.05) is 30.1 Å². The number of benzene rings is 1. The van der Waals surface area contributed by atoms with E-state index >= 15 is 0 Å². The molecule has 0 bridgehead atoms. The van der Waals surface area contributed by atoms with Crippen LogP contribution in [0.1, 0.15) is 23.9 Å². The standard InChI is InChI=1S/C14H13Cl2N3O/c1-3-11-14(16)12(19(2)18-11)8-20-13-6-10(15)5-4-9(13)7-17/h4-6H,3,8H2,1-2H3. The molecule has 0 saturated heterocycles. The first-order valence-corrected chi connectivity index (χ1v) is 6.85. The van der Waals surface area contributed by atoms with Crippen molar-refractivity contribution in [2.24, 2.45) is 7.05 Å². The van der Waals surface area contributed by atoms with Crippen molar-refractivity contribution >= 4 is 23.2 Å². The summed E-state index contributed by atoms with van der Waals surface area (Å²) >= 11 is 12.2. The summed E-state index contributed by atoms with van der Waals surface area (Å²) in [5, 5.41) is 14.5. The van der Waals surface area contributed by atoms with Crippen LogP contribution in [0.4, 0.5) is 0 Å². The molecule has 0 fully saturated rings. The van der Waals surface area contributed by atoms with Gasteiger partial charge in [-0.2, -0.15) is 10.4 Å². The Morgan fingerprint density at radius 3 is 2.75 bits per heavy atom. The van der Waals surface area contributed by atoms with E-state index in [0.717, 1.165) is 17.8 Å². The van der Waals surface area contributed by atoms with Gasteiger partial charge >= 0.3 is 0 Å². The molecule has 0 N–H and O–H groups in total. The second-order valence-electron chi connectivity index (χ2n) is 4.23. The molecule has 1 aromatic heterocycles. The summed E-state index contributed by atoms with van der Waals surface area (Å²) < 4.78 is 7.35. The van der Waals surface area contributed by atoms with E-state index in [1.54, 1.807) is 22.9 Å². The lowest BCUT2D eigenvalue weighted by molar-refractivity contribution is 0.294. The topological polar surface area (TPSA) is 50.8 Å². The molecular formula is C14H13Cl2N3O. The van der Waals surface area contributed by atoms with Crippen LogP contribution in [0.15, 0.2) is 18.2 Å². The van der Waals surface area contributed by atoms with Gasteiger partial charge in [0.2, 0.25) is 0 Å². The molecule has 0 unspecified atom stereocenters. The number of aromatic nitrogens is 2. The Bertz CT molecular complexity index is 674. The number of halogens is 2. The van der Waals surface area contributed by atoms with Gasteiger partial charge in [-0.05, 0) is 18.6 Å². The van der Waals surface area contributed by atoms with Crippen molar-refractivity contribution in [2.75, 3.05) is 0 Å². The Morgan fingerprint density at radius 2 is 2.15 bits per heavy atom. The van der Waals surface area contributed by atoms with E-state index in [-0.39, 0.29) is 6.61 Å². The Kier molecular flexibility index (Phi) is 4.53. The molecule has 4 nitrogen and oxygen atoms in total. The lowest BCUT2D eigenvalue weighted by Gasteiger charge is -2.08. The van der Waals surface area contributed by atoms with Gasteiger partial charge in [0.25, 0.3) is 0 Å². The average Bonchev–Trinajstić information content (AvgIpc) is 2.71. The summed E-state index contributed by atoms with van der Waals surface area (Å²) in [5.41, 5.74) is 2.04. The Balaban J connectivity index is 2.23. The molecule has 0 atom stereocenters. The van der Waals surface area contributed by atoms with Crippen molar-refractivity contribution in [3.8, 4) is 11.8 Å². The van der Waals surface area contributed by atoms with Crippen molar-refractivity contribution in [3.05, 3.63) is 45.2 Å². The van der Waals surface area contributed by atoms with Crippen molar-refractivity contribution in [1.82, 2.24) is 9.78 Å². The molecule has 2 aromatic rings. The van der Waals surface area contributed by atoms with Crippen LogP contribution in [0.5, 0.6) is 5.75 Å². The summed E-state index contributed by atoms with van der Waals surface area (Å²) in [4.78, 5) is 0. The van der Waals surface area contributed by atoms with Crippen LogP contribution in [0.2, 0.25) is 10.0 Å². The van der Waals surface area contributed by atoms with Crippen LogP contribution in [-0.2, 0) is 20.1 Å². The minimum absolute atomic E-state index is 0.233. The van der Waals surface area contributed by atoms with Crippen molar-refractivity contribution in [2.45, 2.75) is 20.0 Å². The first kappa shape index (κ1) is 14.7. The summed E-state index contributed by atoms with van der Waals surface area (Å²) in [6.45, 7) is 2.22. The Morgan fingerprint density at radius 1 is 1.40 bits per heavy atom. The summed E-state index contributed by atoms with van der Waals surface area (Å²) in [6.07, 6.45) is 0.757. The number of nitriles is 1. The minimum Gasteiger partial charge on any atom is -0.486 e. The van der Waals surface area contributed by atoms with E-state index in [1.165, 1.54) is 0 Å². The van der Waals surface area contributed by atoms with Crippen LogP contribution in [-0.4, -0.2) is 9.78 Å². The normalized spacial score (nSPS) is 10.3. The molecule has 104 valence electrons. The third-order valence-corrected chi connectivity index (χ3v) is 3.60. The highest BCUT2D eigenvalue weighted by Crippen LogP contribution is 2.26. The lowest BCUT2D eigenvalue weighted by Crippen LogP contribution is -2.04. The van der Waals surface area contributed by atoms with Crippen molar-refractivity contribution in [3.63, 3.8) is 0 Å². The fourth-order valence-electron chi connectivity index (χ4n) is 1.83. The van der Waals surface area contributed by atoms with Gasteiger partial charge in [-0.15, -0.1) is 0 Å². The van der Waals surface area contributed by atoms with Crippen LogP contribution in [0, 0.1) is 11.3 Å². The fourth-order valence-corrected chi connectivity index (χ4v) is 2.34. The summed E-state index contributed by atoms with van der Waals surface area (Å²) in [6, 6.07) is 6.96. The molecule has 0 amide bonds. The molecule has 0 aliphatic carbocycles. The van der Waals surface area contributed by atoms with Gasteiger partial charge < -0.3 is 4.74 Å². The largest absolute Gasteiger partial charge is 0.486 e. The number of hydrogen-bond acceptors (Lipinski definition) is 3. The van der Waals surface area contributed by atoms with E-state index in [4.69, 9.17) is 33.2 Å². The molecule has 20 heavy (non-hydrogen) atoms. The van der Waals surface area contributed by atoms with Gasteiger partial charge in [-0.25, -0.2) is 0 Å². The number of ether oxygens (including phenoxy) is 1. The molecule has 0 aliphatic rings. The molecule has 1 heterocycles. The second-order valence-corrected chi connectivity index (χ2v) is 5.04. The predicted molar refractivity (Wildman–Crippen MR) is 78.1 cm³/mol. The molecule has 2 rings (SSSR count). The number of hydrogen-bond donors (Lipinski definition) is 0. The van der Waals surface area contributed by atoms with Crippen LogP contribution in [0.3, 0.4) is 0 Å². The summed E-state index contributed by atoms with van der Waals surface area (Å²) in [7, 11) is 1.81. The fraction of sp³-hybridized carbons (Fsp3) is 0.286. The van der Waals surface area contributed by atoms with Crippen LogP contribution >= 0.6 is 23.2 Å². The molecule has 0 radical (unpaired) electrons. The number of rotatable bonds is 4. The third-order valence-electron chi connectivity index (χ3n) is 2.93. The molecule has 1 aromatic carbocycles. The smallest absolute Gasteiger partial charge is 0.139 e. The molecule has 6 heteroatoms. The molecule has 0 aliphatic heterocycles. The first-order chi connectivity index (χ1) is 9.56. The van der Waals surface area contributed by atoms with E-state index in [2.05, 4.69) is 11.2 Å². The highest BCUT2D eigenvalue weighted by Gasteiger charge is 2.14. The number of nitrogens with zero attached hydrogens (tertiary/aromatic N) is 3. The quantitative estimate of drug-likeness (QED) is 0.864. The molecule has 0 saturated carbocycles. The predicted octanol–water partition coefficient (Wildman–Crippen LogP) is 3.74. The zero-order valence-corrected chi connectivity index (χ0v) is 12.7. The zero-order valence-electron chi connectivity index (χ0n) is 11.2. The van der Waals surface area contributed by atoms with Gasteiger partial charge in [0, 0.05) is 18.1 Å². The molecular weight excluding hydrogens is 297 g/mol. The van der Waals surface area contributed by atoms with Crippen molar-refractivity contribution < 1.29 is 4.74 Å². The van der Waals surface area contributed by atoms with Crippen LogP contribution in [0.25, 0.3) is 0 Å². The highest BCUT2D eigenvalue weighted by atomic mass is 35.5. The maximum atomic E-state index is 9.04. The first-order valence-electron chi connectivity index (χ1n) is 6.09. The monoisotopic (exact) mass is 309 g/mol. The SMILES string of the molecule is CCc1nn(C)c(COc2cc(Cl)ccc2C#N)c1Cl. The maximum Gasteiger partial charge on any atom is 0.139 e. The van der Waals surface area contributed by atoms with Crippen LogP contribution < -0.4 is 4.74 Å². The molecule has 0 spiro atoms. The van der Waals surface area contributed by atoms with Gasteiger partial charge in [-0.3, -0.25) is 4.68 Å². The van der Waals surface area contributed by atoms with Gasteiger partial charge in [0.15, 0.2) is 0 Å².